The predicted octanol–water partition coefficient (Wildman–Crippen LogP) is 6.09. The Kier molecular flexibility index (Phi) is 4.48. The normalized spacial score (nSPS) is 10.5. The van der Waals surface area contributed by atoms with E-state index in [-0.39, 0.29) is 0 Å². The van der Waals surface area contributed by atoms with Crippen molar-refractivity contribution in [3.05, 3.63) is 97.1 Å². The van der Waals surface area contributed by atoms with Crippen molar-refractivity contribution in [1.29, 1.82) is 0 Å². The van der Waals surface area contributed by atoms with Gasteiger partial charge in [-0.25, -0.2) is 4.98 Å². The molecule has 0 N–H and O–H groups in total. The van der Waals surface area contributed by atoms with Gasteiger partial charge in [0.1, 0.15) is 5.75 Å². The Balaban J connectivity index is 1.90. The first-order valence-corrected chi connectivity index (χ1v) is 8.61. The molecule has 0 unspecified atom stereocenters. The molecule has 1 heterocycles. The van der Waals surface area contributed by atoms with E-state index in [1.54, 1.807) is 7.11 Å². The Morgan fingerprint density at radius 3 is 1.62 bits per heavy atom. The third-order valence-electron chi connectivity index (χ3n) is 4.37. The second kappa shape index (κ2) is 7.24. The summed E-state index contributed by atoms with van der Waals surface area (Å²) < 4.78 is 5.39. The second-order valence-corrected chi connectivity index (χ2v) is 6.09. The fourth-order valence-corrected chi connectivity index (χ4v) is 3.01. The van der Waals surface area contributed by atoms with E-state index in [2.05, 4.69) is 48.5 Å². The average Bonchev–Trinajstić information content (AvgIpc) is 2.75. The molecule has 4 aromatic rings. The standard InChI is InChI=1S/C24H19NO/c1-26-22-14-8-13-20(15-22)21-16-23(18-9-4-2-5-10-18)25-24(17-21)19-11-6-3-7-12-19/h2-17H,1H3. The van der Waals surface area contributed by atoms with Crippen molar-refractivity contribution in [2.24, 2.45) is 0 Å². The first-order chi connectivity index (χ1) is 12.8. The van der Waals surface area contributed by atoms with E-state index >= 15 is 0 Å². The number of hydrogen-bond donors (Lipinski definition) is 0. The van der Waals surface area contributed by atoms with Gasteiger partial charge in [0, 0.05) is 11.1 Å². The first-order valence-electron chi connectivity index (χ1n) is 8.61. The van der Waals surface area contributed by atoms with Gasteiger partial charge < -0.3 is 4.74 Å². The van der Waals surface area contributed by atoms with Crippen LogP contribution in [0.3, 0.4) is 0 Å². The minimum Gasteiger partial charge on any atom is -0.497 e. The molecular weight excluding hydrogens is 318 g/mol. The quantitative estimate of drug-likeness (QED) is 0.449. The summed E-state index contributed by atoms with van der Waals surface area (Å²) in [6.45, 7) is 0. The van der Waals surface area contributed by atoms with Crippen molar-refractivity contribution in [3.8, 4) is 39.4 Å². The van der Waals surface area contributed by atoms with E-state index in [9.17, 15) is 0 Å². The zero-order chi connectivity index (χ0) is 17.8. The van der Waals surface area contributed by atoms with Crippen molar-refractivity contribution in [1.82, 2.24) is 4.98 Å². The number of rotatable bonds is 4. The monoisotopic (exact) mass is 337 g/mol. The Hall–Kier alpha value is -3.39. The van der Waals surface area contributed by atoms with Crippen molar-refractivity contribution >= 4 is 0 Å². The Bertz CT molecular complexity index is 953. The zero-order valence-electron chi connectivity index (χ0n) is 14.6. The average molecular weight is 337 g/mol. The molecule has 3 aromatic carbocycles. The van der Waals surface area contributed by atoms with Crippen LogP contribution in [0.1, 0.15) is 0 Å². The van der Waals surface area contributed by atoms with E-state index in [1.165, 1.54) is 0 Å². The molecule has 0 aliphatic heterocycles. The maximum atomic E-state index is 5.39. The molecule has 2 heteroatoms. The molecule has 0 bridgehead atoms. The van der Waals surface area contributed by atoms with E-state index in [4.69, 9.17) is 9.72 Å². The van der Waals surface area contributed by atoms with Gasteiger partial charge in [-0.3, -0.25) is 0 Å². The van der Waals surface area contributed by atoms with Crippen LogP contribution in [0.25, 0.3) is 33.6 Å². The summed E-state index contributed by atoms with van der Waals surface area (Å²) in [5, 5.41) is 0. The van der Waals surface area contributed by atoms with Crippen LogP contribution in [0.4, 0.5) is 0 Å². The molecule has 0 aliphatic rings. The Morgan fingerprint density at radius 2 is 1.08 bits per heavy atom. The molecule has 26 heavy (non-hydrogen) atoms. The van der Waals surface area contributed by atoms with Crippen LogP contribution in [-0.2, 0) is 0 Å². The third-order valence-corrected chi connectivity index (χ3v) is 4.37. The molecule has 0 amide bonds. The van der Waals surface area contributed by atoms with Crippen LogP contribution in [0.5, 0.6) is 5.75 Å². The largest absolute Gasteiger partial charge is 0.497 e. The maximum absolute atomic E-state index is 5.39. The van der Waals surface area contributed by atoms with E-state index in [0.717, 1.165) is 39.4 Å². The number of methoxy groups -OCH3 is 1. The highest BCUT2D eigenvalue weighted by molar-refractivity contribution is 5.77. The van der Waals surface area contributed by atoms with E-state index in [1.807, 2.05) is 48.5 Å². The summed E-state index contributed by atoms with van der Waals surface area (Å²) in [6.07, 6.45) is 0. The van der Waals surface area contributed by atoms with Crippen LogP contribution < -0.4 is 4.74 Å². The molecule has 0 atom stereocenters. The first kappa shape index (κ1) is 16.1. The summed E-state index contributed by atoms with van der Waals surface area (Å²) in [4.78, 5) is 4.91. The van der Waals surface area contributed by atoms with Gasteiger partial charge in [0.15, 0.2) is 0 Å². The molecular formula is C24H19NO. The zero-order valence-corrected chi connectivity index (χ0v) is 14.6. The highest BCUT2D eigenvalue weighted by Gasteiger charge is 2.09. The summed E-state index contributed by atoms with van der Waals surface area (Å²) >= 11 is 0. The Morgan fingerprint density at radius 1 is 0.538 bits per heavy atom. The fraction of sp³-hybridized carbons (Fsp3) is 0.0417. The molecule has 0 aliphatic carbocycles. The third kappa shape index (κ3) is 3.35. The van der Waals surface area contributed by atoms with Crippen LogP contribution in [0.15, 0.2) is 97.1 Å². The molecule has 1 aromatic heterocycles. The molecule has 2 nitrogen and oxygen atoms in total. The van der Waals surface area contributed by atoms with Gasteiger partial charge in [-0.2, -0.15) is 0 Å². The van der Waals surface area contributed by atoms with Gasteiger partial charge >= 0.3 is 0 Å². The second-order valence-electron chi connectivity index (χ2n) is 6.09. The maximum Gasteiger partial charge on any atom is 0.119 e. The number of pyridine rings is 1. The molecule has 0 saturated carbocycles. The fourth-order valence-electron chi connectivity index (χ4n) is 3.01. The van der Waals surface area contributed by atoms with Crippen LogP contribution in [0, 0.1) is 0 Å². The summed E-state index contributed by atoms with van der Waals surface area (Å²) in [7, 11) is 1.69. The summed E-state index contributed by atoms with van der Waals surface area (Å²) in [5.41, 5.74) is 6.37. The molecule has 0 spiro atoms. The minimum absolute atomic E-state index is 0.849. The smallest absolute Gasteiger partial charge is 0.119 e. The topological polar surface area (TPSA) is 22.1 Å². The molecule has 0 fully saturated rings. The van der Waals surface area contributed by atoms with Gasteiger partial charge in [-0.15, -0.1) is 0 Å². The summed E-state index contributed by atoms with van der Waals surface area (Å²) in [5.74, 6) is 0.849. The lowest BCUT2D eigenvalue weighted by molar-refractivity contribution is 0.415. The van der Waals surface area contributed by atoms with Crippen molar-refractivity contribution in [3.63, 3.8) is 0 Å². The molecule has 0 radical (unpaired) electrons. The number of benzene rings is 3. The molecule has 4 rings (SSSR count). The van der Waals surface area contributed by atoms with Gasteiger partial charge in [0.05, 0.1) is 18.5 Å². The lowest BCUT2D eigenvalue weighted by Gasteiger charge is -2.11. The number of hydrogen-bond acceptors (Lipinski definition) is 2. The van der Waals surface area contributed by atoms with E-state index < -0.39 is 0 Å². The van der Waals surface area contributed by atoms with Crippen LogP contribution in [-0.4, -0.2) is 12.1 Å². The Labute approximate surface area is 153 Å². The van der Waals surface area contributed by atoms with Crippen molar-refractivity contribution in [2.75, 3.05) is 7.11 Å². The lowest BCUT2D eigenvalue weighted by Crippen LogP contribution is -1.91. The predicted molar refractivity (Wildman–Crippen MR) is 107 cm³/mol. The van der Waals surface area contributed by atoms with Crippen molar-refractivity contribution in [2.45, 2.75) is 0 Å². The summed E-state index contributed by atoms with van der Waals surface area (Å²) in [6, 6.07) is 33.0. The molecule has 0 saturated heterocycles. The van der Waals surface area contributed by atoms with E-state index in [0.29, 0.717) is 0 Å². The highest BCUT2D eigenvalue weighted by Crippen LogP contribution is 2.31. The van der Waals surface area contributed by atoms with Gasteiger partial charge in [-0.05, 0) is 35.4 Å². The number of nitrogens with zero attached hydrogens (tertiary/aromatic N) is 1. The van der Waals surface area contributed by atoms with Gasteiger partial charge in [-0.1, -0.05) is 72.8 Å². The van der Waals surface area contributed by atoms with Gasteiger partial charge in [0.2, 0.25) is 0 Å². The van der Waals surface area contributed by atoms with Crippen LogP contribution >= 0.6 is 0 Å². The minimum atomic E-state index is 0.849. The SMILES string of the molecule is COc1cccc(-c2cc(-c3ccccc3)nc(-c3ccccc3)c2)c1. The van der Waals surface area contributed by atoms with Crippen molar-refractivity contribution < 1.29 is 4.74 Å². The highest BCUT2D eigenvalue weighted by atomic mass is 16.5. The number of ether oxygens (including phenoxy) is 1. The van der Waals surface area contributed by atoms with Crippen LogP contribution in [0.2, 0.25) is 0 Å². The molecule has 126 valence electrons. The number of aromatic nitrogens is 1. The van der Waals surface area contributed by atoms with Gasteiger partial charge in [0.25, 0.3) is 0 Å². The lowest BCUT2D eigenvalue weighted by atomic mass is 10.00.